The van der Waals surface area contributed by atoms with Gasteiger partial charge < -0.3 is 9.32 Å². The van der Waals surface area contributed by atoms with E-state index in [0.717, 1.165) is 44.4 Å². The fourth-order valence-corrected chi connectivity index (χ4v) is 6.92. The highest BCUT2D eigenvalue weighted by atomic mass is 16.3. The van der Waals surface area contributed by atoms with Crippen LogP contribution in [0.3, 0.4) is 0 Å². The second-order valence-corrected chi connectivity index (χ2v) is 12.2. The first-order valence-corrected chi connectivity index (χ1v) is 16.3. The second-order valence-electron chi connectivity index (χ2n) is 12.2. The molecule has 0 N–H and O–H groups in total. The quantitative estimate of drug-likeness (QED) is 0.185. The lowest BCUT2D eigenvalue weighted by molar-refractivity contribution is 0.672. The van der Waals surface area contributed by atoms with Gasteiger partial charge in [0.1, 0.15) is 11.2 Å². The average molecular weight is 614 g/mol. The largest absolute Gasteiger partial charge is 0.455 e. The molecule has 0 amide bonds. The Hall–Kier alpha value is -6.38. The standard InChI is InChI=1S/C46H31NO/c1-3-11-32(12-4-1)33-21-23-34(24-22-33)36-13-9-16-39(31-36)47(37-14-5-2-6-15-37)38-27-25-35(26-28-38)40-18-10-19-43-41(40)29-30-44-42-17-7-8-20-45(42)48-46(43)44/h1-31H. The average Bonchev–Trinajstić information content (AvgIpc) is 3.55. The topological polar surface area (TPSA) is 16.4 Å². The van der Waals surface area contributed by atoms with Crippen molar-refractivity contribution in [2.24, 2.45) is 0 Å². The summed E-state index contributed by atoms with van der Waals surface area (Å²) in [6.45, 7) is 0. The van der Waals surface area contributed by atoms with E-state index in [-0.39, 0.29) is 0 Å². The summed E-state index contributed by atoms with van der Waals surface area (Å²) in [5.74, 6) is 0. The molecular formula is C46H31NO. The molecule has 0 bridgehead atoms. The predicted molar refractivity (Wildman–Crippen MR) is 202 cm³/mol. The molecule has 0 unspecified atom stereocenters. The van der Waals surface area contributed by atoms with E-state index in [4.69, 9.17) is 4.42 Å². The van der Waals surface area contributed by atoms with Gasteiger partial charge in [0.25, 0.3) is 0 Å². The first-order chi connectivity index (χ1) is 23.8. The van der Waals surface area contributed by atoms with Gasteiger partial charge in [-0.3, -0.25) is 0 Å². The van der Waals surface area contributed by atoms with Gasteiger partial charge in [0, 0.05) is 33.2 Å². The first-order valence-electron chi connectivity index (χ1n) is 16.3. The maximum Gasteiger partial charge on any atom is 0.143 e. The number of benzene rings is 8. The number of anilines is 3. The summed E-state index contributed by atoms with van der Waals surface area (Å²) in [6, 6.07) is 66.8. The molecule has 9 aromatic rings. The summed E-state index contributed by atoms with van der Waals surface area (Å²) in [6.07, 6.45) is 0. The maximum atomic E-state index is 6.37. The normalized spacial score (nSPS) is 11.3. The lowest BCUT2D eigenvalue weighted by atomic mass is 9.96. The third-order valence-corrected chi connectivity index (χ3v) is 9.28. The van der Waals surface area contributed by atoms with Crippen molar-refractivity contribution >= 4 is 49.8 Å². The zero-order valence-electron chi connectivity index (χ0n) is 26.3. The van der Waals surface area contributed by atoms with Crippen LogP contribution in [-0.4, -0.2) is 0 Å². The Morgan fingerprint density at radius 2 is 0.833 bits per heavy atom. The molecule has 9 rings (SSSR count). The molecule has 2 heteroatoms. The molecule has 0 saturated heterocycles. The molecule has 0 atom stereocenters. The molecular weight excluding hydrogens is 583 g/mol. The summed E-state index contributed by atoms with van der Waals surface area (Å²) in [4.78, 5) is 2.33. The van der Waals surface area contributed by atoms with Crippen LogP contribution in [0.1, 0.15) is 0 Å². The van der Waals surface area contributed by atoms with E-state index >= 15 is 0 Å². The molecule has 226 valence electrons. The minimum atomic E-state index is 0.920. The van der Waals surface area contributed by atoms with Gasteiger partial charge in [-0.1, -0.05) is 140 Å². The molecule has 8 aromatic carbocycles. The molecule has 0 aliphatic carbocycles. The van der Waals surface area contributed by atoms with Crippen molar-refractivity contribution in [1.29, 1.82) is 0 Å². The van der Waals surface area contributed by atoms with Crippen LogP contribution in [0, 0.1) is 0 Å². The number of nitrogens with zero attached hydrogens (tertiary/aromatic N) is 1. The van der Waals surface area contributed by atoms with Crippen molar-refractivity contribution in [3.63, 3.8) is 0 Å². The number of fused-ring (bicyclic) bond motifs is 5. The van der Waals surface area contributed by atoms with Gasteiger partial charge in [-0.2, -0.15) is 0 Å². The summed E-state index contributed by atoms with van der Waals surface area (Å²) in [5.41, 5.74) is 12.3. The van der Waals surface area contributed by atoms with E-state index in [9.17, 15) is 0 Å². The Morgan fingerprint density at radius 1 is 0.312 bits per heavy atom. The van der Waals surface area contributed by atoms with Gasteiger partial charge in [0.15, 0.2) is 0 Å². The van der Waals surface area contributed by atoms with E-state index in [0.29, 0.717) is 0 Å². The SMILES string of the molecule is c1ccc(-c2ccc(-c3cccc(N(c4ccccc4)c4ccc(-c5cccc6c5ccc5c7ccccc7oc65)cc4)c3)cc2)cc1. The lowest BCUT2D eigenvalue weighted by Gasteiger charge is -2.26. The summed E-state index contributed by atoms with van der Waals surface area (Å²) in [7, 11) is 0. The van der Waals surface area contributed by atoms with Crippen LogP contribution in [0.25, 0.3) is 66.1 Å². The van der Waals surface area contributed by atoms with Crippen LogP contribution in [0.2, 0.25) is 0 Å². The van der Waals surface area contributed by atoms with Gasteiger partial charge in [0.2, 0.25) is 0 Å². The van der Waals surface area contributed by atoms with Gasteiger partial charge in [-0.05, 0) is 87.3 Å². The number of furan rings is 1. The highest BCUT2D eigenvalue weighted by Crippen LogP contribution is 2.40. The van der Waals surface area contributed by atoms with E-state index in [2.05, 4.69) is 181 Å². The third kappa shape index (κ3) is 4.92. The van der Waals surface area contributed by atoms with E-state index in [1.165, 1.54) is 38.8 Å². The molecule has 0 aliphatic rings. The van der Waals surface area contributed by atoms with Gasteiger partial charge in [-0.25, -0.2) is 0 Å². The van der Waals surface area contributed by atoms with E-state index in [1.54, 1.807) is 0 Å². The zero-order chi connectivity index (χ0) is 31.9. The van der Waals surface area contributed by atoms with Crippen molar-refractivity contribution in [3.05, 3.63) is 188 Å². The molecule has 0 saturated carbocycles. The summed E-state index contributed by atoms with van der Waals surface area (Å²) in [5, 5.41) is 4.62. The number of rotatable bonds is 6. The summed E-state index contributed by atoms with van der Waals surface area (Å²) >= 11 is 0. The fourth-order valence-electron chi connectivity index (χ4n) is 6.92. The van der Waals surface area contributed by atoms with Crippen molar-refractivity contribution in [2.45, 2.75) is 0 Å². The molecule has 0 fully saturated rings. The highest BCUT2D eigenvalue weighted by Gasteiger charge is 2.16. The molecule has 2 nitrogen and oxygen atoms in total. The van der Waals surface area contributed by atoms with Crippen LogP contribution in [0.15, 0.2) is 192 Å². The van der Waals surface area contributed by atoms with Gasteiger partial charge in [-0.15, -0.1) is 0 Å². The number of hydrogen-bond acceptors (Lipinski definition) is 2. The second kappa shape index (κ2) is 11.8. The van der Waals surface area contributed by atoms with Crippen LogP contribution in [0.4, 0.5) is 17.1 Å². The van der Waals surface area contributed by atoms with Crippen LogP contribution >= 0.6 is 0 Å². The smallest absolute Gasteiger partial charge is 0.143 e. The molecule has 0 aliphatic heterocycles. The van der Waals surface area contributed by atoms with Crippen LogP contribution in [-0.2, 0) is 0 Å². The summed E-state index contributed by atoms with van der Waals surface area (Å²) < 4.78 is 6.37. The van der Waals surface area contributed by atoms with Gasteiger partial charge in [0.05, 0.1) is 0 Å². The number of hydrogen-bond donors (Lipinski definition) is 0. The predicted octanol–water partition coefficient (Wildman–Crippen LogP) is 13.2. The Balaban J connectivity index is 1.09. The van der Waals surface area contributed by atoms with Crippen molar-refractivity contribution in [3.8, 4) is 33.4 Å². The Labute approximate surface area is 279 Å². The minimum absolute atomic E-state index is 0.920. The molecule has 1 aromatic heterocycles. The van der Waals surface area contributed by atoms with Crippen molar-refractivity contribution in [2.75, 3.05) is 4.90 Å². The minimum Gasteiger partial charge on any atom is -0.455 e. The molecule has 1 heterocycles. The molecule has 48 heavy (non-hydrogen) atoms. The van der Waals surface area contributed by atoms with Crippen molar-refractivity contribution < 1.29 is 4.42 Å². The lowest BCUT2D eigenvalue weighted by Crippen LogP contribution is -2.09. The molecule has 0 radical (unpaired) electrons. The monoisotopic (exact) mass is 613 g/mol. The Kier molecular flexibility index (Phi) is 6.84. The zero-order valence-corrected chi connectivity index (χ0v) is 26.3. The van der Waals surface area contributed by atoms with Crippen LogP contribution in [0.5, 0.6) is 0 Å². The fraction of sp³-hybridized carbons (Fsp3) is 0. The molecule has 0 spiro atoms. The Bertz CT molecular complexity index is 2530. The third-order valence-electron chi connectivity index (χ3n) is 9.28. The van der Waals surface area contributed by atoms with Crippen molar-refractivity contribution in [1.82, 2.24) is 0 Å². The van der Waals surface area contributed by atoms with Crippen LogP contribution < -0.4 is 4.90 Å². The first kappa shape index (κ1) is 27.9. The number of para-hydroxylation sites is 2. The maximum absolute atomic E-state index is 6.37. The highest BCUT2D eigenvalue weighted by molar-refractivity contribution is 6.17. The van der Waals surface area contributed by atoms with E-state index in [1.807, 2.05) is 12.1 Å². The van der Waals surface area contributed by atoms with E-state index < -0.39 is 0 Å². The Morgan fingerprint density at radius 3 is 1.62 bits per heavy atom. The van der Waals surface area contributed by atoms with Gasteiger partial charge >= 0.3 is 0 Å².